The molecule has 3 saturated carbocycles. The summed E-state index contributed by atoms with van der Waals surface area (Å²) in [7, 11) is 0. The van der Waals surface area contributed by atoms with E-state index in [1.165, 1.54) is 11.1 Å². The van der Waals surface area contributed by atoms with Crippen molar-refractivity contribution in [1.82, 2.24) is 0 Å². The lowest BCUT2D eigenvalue weighted by molar-refractivity contribution is -0.195. The molecular weight excluding hydrogens is 412 g/mol. The van der Waals surface area contributed by atoms with Crippen molar-refractivity contribution in [3.8, 4) is 0 Å². The van der Waals surface area contributed by atoms with Gasteiger partial charge in [-0.05, 0) is 89.6 Å². The highest BCUT2D eigenvalue weighted by Crippen LogP contribution is 2.74. The lowest BCUT2D eigenvalue weighted by atomic mass is 9.37. The van der Waals surface area contributed by atoms with E-state index >= 15 is 0 Å². The van der Waals surface area contributed by atoms with Crippen molar-refractivity contribution in [3.63, 3.8) is 0 Å². The molecule has 4 N–H and O–H groups in total. The van der Waals surface area contributed by atoms with Gasteiger partial charge in [0.05, 0.1) is 18.3 Å². The Balaban J connectivity index is 1.62. The minimum atomic E-state index is -0.450. The molecule has 10 atom stereocenters. The molecule has 0 aromatic rings. The first kappa shape index (κ1) is 24.0. The second-order valence-corrected chi connectivity index (χ2v) is 13.8. The summed E-state index contributed by atoms with van der Waals surface area (Å²) in [6.45, 7) is 13.6. The highest BCUT2D eigenvalue weighted by Gasteiger charge is 2.71. The van der Waals surface area contributed by atoms with Crippen LogP contribution in [0.1, 0.15) is 80.1 Å². The van der Waals surface area contributed by atoms with Crippen molar-refractivity contribution in [2.24, 2.45) is 51.2 Å². The number of aliphatic hydroxyl groups is 4. The molecule has 4 nitrogen and oxygen atoms in total. The maximum Gasteiger partial charge on any atom is 0.0631 e. The second-order valence-electron chi connectivity index (χ2n) is 13.8. The van der Waals surface area contributed by atoms with E-state index in [-0.39, 0.29) is 52.1 Å². The van der Waals surface area contributed by atoms with E-state index in [4.69, 9.17) is 0 Å². The number of hydrogen-bond acceptors (Lipinski definition) is 4. The summed E-state index contributed by atoms with van der Waals surface area (Å²) in [5.74, 6) is 1.03. The summed E-state index contributed by atoms with van der Waals surface area (Å²) in [6.07, 6.45) is 8.32. The quantitative estimate of drug-likeness (QED) is 0.492. The van der Waals surface area contributed by atoms with Gasteiger partial charge in [0, 0.05) is 17.9 Å². The van der Waals surface area contributed by atoms with Gasteiger partial charge in [-0.15, -0.1) is 0 Å². The zero-order valence-corrected chi connectivity index (χ0v) is 21.5. The Hall–Kier alpha value is -0.680. The zero-order chi connectivity index (χ0) is 24.1. The molecule has 33 heavy (non-hydrogen) atoms. The molecule has 5 aliphatic carbocycles. The number of fused-ring (bicyclic) bond motifs is 7. The molecule has 5 aliphatic rings. The Morgan fingerprint density at radius 2 is 1.61 bits per heavy atom. The first-order valence-electron chi connectivity index (χ1n) is 13.4. The van der Waals surface area contributed by atoms with Crippen LogP contribution in [-0.4, -0.2) is 45.3 Å². The molecular formula is C29H46O4. The Bertz CT molecular complexity index is 873. The predicted molar refractivity (Wildman–Crippen MR) is 130 cm³/mol. The average Bonchev–Trinajstić information content (AvgIpc) is 3.06. The fourth-order valence-corrected chi connectivity index (χ4v) is 10.0. The van der Waals surface area contributed by atoms with Crippen molar-refractivity contribution in [1.29, 1.82) is 0 Å². The van der Waals surface area contributed by atoms with Crippen LogP contribution in [0.2, 0.25) is 0 Å². The van der Waals surface area contributed by atoms with Crippen molar-refractivity contribution < 1.29 is 20.4 Å². The topological polar surface area (TPSA) is 80.9 Å². The van der Waals surface area contributed by atoms with Gasteiger partial charge in [-0.3, -0.25) is 0 Å². The molecule has 0 aromatic carbocycles. The van der Waals surface area contributed by atoms with Crippen LogP contribution in [0, 0.1) is 51.2 Å². The van der Waals surface area contributed by atoms with Gasteiger partial charge in [0.1, 0.15) is 0 Å². The van der Waals surface area contributed by atoms with Gasteiger partial charge < -0.3 is 20.4 Å². The third-order valence-corrected chi connectivity index (χ3v) is 12.1. The molecule has 0 aromatic heterocycles. The highest BCUT2D eigenvalue weighted by atomic mass is 16.3. The van der Waals surface area contributed by atoms with Crippen LogP contribution in [-0.2, 0) is 0 Å². The van der Waals surface area contributed by atoms with Crippen LogP contribution >= 0.6 is 0 Å². The number of aliphatic hydroxyl groups excluding tert-OH is 4. The Labute approximate surface area is 200 Å². The average molecular weight is 459 g/mol. The lowest BCUT2D eigenvalue weighted by Gasteiger charge is -2.67. The fraction of sp³-hybridized carbons (Fsp3) is 0.862. The van der Waals surface area contributed by atoms with Gasteiger partial charge in [0.25, 0.3) is 0 Å². The first-order valence-corrected chi connectivity index (χ1v) is 13.4. The van der Waals surface area contributed by atoms with Crippen LogP contribution in [0.3, 0.4) is 0 Å². The van der Waals surface area contributed by atoms with Crippen LogP contribution in [0.5, 0.6) is 0 Å². The highest BCUT2D eigenvalue weighted by molar-refractivity contribution is 5.45. The second kappa shape index (κ2) is 7.41. The third kappa shape index (κ3) is 2.84. The van der Waals surface area contributed by atoms with Crippen molar-refractivity contribution in [2.75, 3.05) is 6.61 Å². The molecule has 4 heteroatoms. The normalized spacial score (nSPS) is 52.9. The van der Waals surface area contributed by atoms with E-state index in [0.29, 0.717) is 24.7 Å². The SMILES string of the molecule is CC(C)[C@@H]1C[C@@H](O)[C@H]2[C@@]1(CO)CC[C@@]1(C)[C@H]3C(=CC[C@]21C)C1=CC[C@H](O)C(C)(C)[C@H]1C[C@@H]3O. The maximum atomic E-state index is 11.7. The summed E-state index contributed by atoms with van der Waals surface area (Å²) < 4.78 is 0. The van der Waals surface area contributed by atoms with Crippen molar-refractivity contribution in [2.45, 2.75) is 98.4 Å². The van der Waals surface area contributed by atoms with Crippen LogP contribution in [0.15, 0.2) is 23.3 Å². The van der Waals surface area contributed by atoms with Crippen molar-refractivity contribution >= 4 is 0 Å². The first-order chi connectivity index (χ1) is 15.3. The number of hydrogen-bond donors (Lipinski definition) is 4. The smallest absolute Gasteiger partial charge is 0.0631 e. The van der Waals surface area contributed by atoms with E-state index < -0.39 is 12.2 Å². The molecule has 0 aliphatic heterocycles. The van der Waals surface area contributed by atoms with E-state index in [1.54, 1.807) is 0 Å². The molecule has 5 rings (SSSR count). The molecule has 0 bridgehead atoms. The molecule has 186 valence electrons. The molecule has 0 heterocycles. The zero-order valence-electron chi connectivity index (χ0n) is 21.5. The van der Waals surface area contributed by atoms with Crippen LogP contribution in [0.4, 0.5) is 0 Å². The number of rotatable bonds is 2. The molecule has 0 saturated heterocycles. The molecule has 0 spiro atoms. The number of allylic oxidation sites excluding steroid dienone is 2. The van der Waals surface area contributed by atoms with E-state index in [2.05, 4.69) is 53.7 Å². The summed E-state index contributed by atoms with van der Waals surface area (Å²) >= 11 is 0. The summed E-state index contributed by atoms with van der Waals surface area (Å²) in [4.78, 5) is 0. The van der Waals surface area contributed by atoms with Crippen LogP contribution in [0.25, 0.3) is 0 Å². The Kier molecular flexibility index (Phi) is 5.40. The fourth-order valence-electron chi connectivity index (χ4n) is 10.0. The minimum absolute atomic E-state index is 0.0440. The molecule has 0 radical (unpaired) electrons. The summed E-state index contributed by atoms with van der Waals surface area (Å²) in [5, 5.41) is 44.6. The summed E-state index contributed by atoms with van der Waals surface area (Å²) in [5.41, 5.74) is 1.87. The minimum Gasteiger partial charge on any atom is -0.396 e. The maximum absolute atomic E-state index is 11.7. The third-order valence-electron chi connectivity index (χ3n) is 12.1. The van der Waals surface area contributed by atoms with E-state index in [0.717, 1.165) is 25.7 Å². The van der Waals surface area contributed by atoms with Crippen molar-refractivity contribution in [3.05, 3.63) is 23.3 Å². The van der Waals surface area contributed by atoms with Gasteiger partial charge in [0.15, 0.2) is 0 Å². The van der Waals surface area contributed by atoms with Gasteiger partial charge in [-0.25, -0.2) is 0 Å². The molecule has 0 amide bonds. The van der Waals surface area contributed by atoms with Gasteiger partial charge in [0.2, 0.25) is 0 Å². The lowest BCUT2D eigenvalue weighted by Crippen LogP contribution is -2.64. The molecule has 0 unspecified atom stereocenters. The van der Waals surface area contributed by atoms with Gasteiger partial charge >= 0.3 is 0 Å². The monoisotopic (exact) mass is 458 g/mol. The standard InChI is InChI=1S/C29H46O4/c1-16(2)19-13-22(32)25-28(6)10-9-18-17-7-8-23(33)26(3,4)20(17)14-21(31)24(18)27(28,5)11-12-29(19,25)15-30/h7,9,16,19-25,30-33H,8,10-15H2,1-6H3/t19-,20-,21-,22+,23-,24-,25+,27-,28+,29+/m0/s1. The predicted octanol–water partition coefficient (Wildman–Crippen LogP) is 4.47. The largest absolute Gasteiger partial charge is 0.396 e. The molecule has 3 fully saturated rings. The van der Waals surface area contributed by atoms with Gasteiger partial charge in [-0.2, -0.15) is 0 Å². The van der Waals surface area contributed by atoms with Gasteiger partial charge in [-0.1, -0.05) is 53.7 Å². The Morgan fingerprint density at radius 3 is 2.24 bits per heavy atom. The summed E-state index contributed by atoms with van der Waals surface area (Å²) in [6, 6.07) is 0. The van der Waals surface area contributed by atoms with Crippen LogP contribution < -0.4 is 0 Å². The van der Waals surface area contributed by atoms with E-state index in [9.17, 15) is 20.4 Å². The van der Waals surface area contributed by atoms with E-state index in [1.807, 2.05) is 0 Å². The Morgan fingerprint density at radius 1 is 0.909 bits per heavy atom.